The highest BCUT2D eigenvalue weighted by Gasteiger charge is 2.10. The van der Waals surface area contributed by atoms with Gasteiger partial charge in [-0.1, -0.05) is 54.1 Å². The standard InChI is InChI=1S/C20H19ClN4O/c21-17-11-5-4-10-16(17)20(26)23-19-13-12-18(24-25-19)22-14-6-9-15-7-2-1-3-8-15/h1-5,7-8,10-13H,6,9,14H2,(H,22,24)(H,23,25,26). The lowest BCUT2D eigenvalue weighted by Crippen LogP contribution is -2.14. The average Bonchev–Trinajstić information content (AvgIpc) is 2.67. The molecule has 2 aromatic carbocycles. The van der Waals surface area contributed by atoms with Crippen molar-refractivity contribution in [2.24, 2.45) is 0 Å². The first-order valence-corrected chi connectivity index (χ1v) is 8.77. The molecule has 1 aromatic heterocycles. The molecule has 6 heteroatoms. The Bertz CT molecular complexity index is 853. The van der Waals surface area contributed by atoms with Crippen LogP contribution >= 0.6 is 11.6 Å². The van der Waals surface area contributed by atoms with Crippen LogP contribution in [0.2, 0.25) is 5.02 Å². The molecule has 0 aliphatic rings. The summed E-state index contributed by atoms with van der Waals surface area (Å²) in [6, 6.07) is 20.7. The summed E-state index contributed by atoms with van der Waals surface area (Å²) in [6.45, 7) is 0.800. The number of nitrogens with zero attached hydrogens (tertiary/aromatic N) is 2. The van der Waals surface area contributed by atoms with E-state index in [0.717, 1.165) is 19.4 Å². The highest BCUT2D eigenvalue weighted by Crippen LogP contribution is 2.16. The van der Waals surface area contributed by atoms with Crippen LogP contribution in [0.4, 0.5) is 11.6 Å². The van der Waals surface area contributed by atoms with Crippen molar-refractivity contribution in [2.45, 2.75) is 12.8 Å². The Morgan fingerprint density at radius 1 is 0.885 bits per heavy atom. The molecular weight excluding hydrogens is 348 g/mol. The number of halogens is 1. The van der Waals surface area contributed by atoms with E-state index < -0.39 is 0 Å². The molecule has 0 atom stereocenters. The zero-order valence-electron chi connectivity index (χ0n) is 14.2. The van der Waals surface area contributed by atoms with Crippen LogP contribution in [0.25, 0.3) is 0 Å². The maximum absolute atomic E-state index is 12.2. The fourth-order valence-corrected chi connectivity index (χ4v) is 2.70. The van der Waals surface area contributed by atoms with Crippen LogP contribution < -0.4 is 10.6 Å². The van der Waals surface area contributed by atoms with Gasteiger partial charge in [0.2, 0.25) is 0 Å². The van der Waals surface area contributed by atoms with E-state index in [9.17, 15) is 4.79 Å². The lowest BCUT2D eigenvalue weighted by atomic mass is 10.1. The quantitative estimate of drug-likeness (QED) is 0.607. The first-order chi connectivity index (χ1) is 12.7. The molecule has 0 radical (unpaired) electrons. The van der Waals surface area contributed by atoms with Crippen LogP contribution in [-0.4, -0.2) is 22.6 Å². The van der Waals surface area contributed by atoms with Gasteiger partial charge in [0.1, 0.15) is 5.82 Å². The predicted molar refractivity (Wildman–Crippen MR) is 105 cm³/mol. The predicted octanol–water partition coefficient (Wildman–Crippen LogP) is 4.43. The van der Waals surface area contributed by atoms with Crippen molar-refractivity contribution in [3.8, 4) is 0 Å². The maximum atomic E-state index is 12.2. The number of carbonyl (C=O) groups excluding carboxylic acids is 1. The van der Waals surface area contributed by atoms with E-state index in [4.69, 9.17) is 11.6 Å². The molecule has 0 aliphatic heterocycles. The Kier molecular flexibility index (Phi) is 6.17. The summed E-state index contributed by atoms with van der Waals surface area (Å²) >= 11 is 6.02. The van der Waals surface area contributed by atoms with Crippen LogP contribution in [0.1, 0.15) is 22.3 Å². The van der Waals surface area contributed by atoms with Crippen molar-refractivity contribution in [2.75, 3.05) is 17.2 Å². The second-order valence-electron chi connectivity index (χ2n) is 5.75. The monoisotopic (exact) mass is 366 g/mol. The number of carbonyl (C=O) groups is 1. The molecule has 0 spiro atoms. The minimum Gasteiger partial charge on any atom is -0.369 e. The Hall–Kier alpha value is -2.92. The molecule has 5 nitrogen and oxygen atoms in total. The third kappa shape index (κ3) is 5.04. The normalized spacial score (nSPS) is 10.3. The largest absolute Gasteiger partial charge is 0.369 e. The van der Waals surface area contributed by atoms with Crippen molar-refractivity contribution in [3.63, 3.8) is 0 Å². The van der Waals surface area contributed by atoms with Crippen LogP contribution in [0, 0.1) is 0 Å². The minimum atomic E-state index is -0.312. The van der Waals surface area contributed by atoms with E-state index in [0.29, 0.717) is 22.2 Å². The summed E-state index contributed by atoms with van der Waals surface area (Å²) in [7, 11) is 0. The van der Waals surface area contributed by atoms with Gasteiger partial charge in [-0.05, 0) is 42.7 Å². The summed E-state index contributed by atoms with van der Waals surface area (Å²) < 4.78 is 0. The molecule has 3 aromatic rings. The highest BCUT2D eigenvalue weighted by molar-refractivity contribution is 6.34. The van der Waals surface area contributed by atoms with Gasteiger partial charge in [0.05, 0.1) is 10.6 Å². The second-order valence-corrected chi connectivity index (χ2v) is 6.16. The van der Waals surface area contributed by atoms with Gasteiger partial charge < -0.3 is 10.6 Å². The topological polar surface area (TPSA) is 66.9 Å². The minimum absolute atomic E-state index is 0.312. The van der Waals surface area contributed by atoms with E-state index in [1.807, 2.05) is 18.2 Å². The fourth-order valence-electron chi connectivity index (χ4n) is 2.48. The van der Waals surface area contributed by atoms with Crippen molar-refractivity contribution in [1.29, 1.82) is 0 Å². The molecule has 0 bridgehead atoms. The highest BCUT2D eigenvalue weighted by atomic mass is 35.5. The molecule has 26 heavy (non-hydrogen) atoms. The zero-order chi connectivity index (χ0) is 18.2. The molecule has 0 unspecified atom stereocenters. The van der Waals surface area contributed by atoms with Gasteiger partial charge in [-0.3, -0.25) is 4.79 Å². The third-order valence-electron chi connectivity index (χ3n) is 3.82. The van der Waals surface area contributed by atoms with Crippen molar-refractivity contribution in [3.05, 3.63) is 82.9 Å². The van der Waals surface area contributed by atoms with Crippen LogP contribution in [0.15, 0.2) is 66.7 Å². The number of aromatic nitrogens is 2. The maximum Gasteiger partial charge on any atom is 0.258 e. The summed E-state index contributed by atoms with van der Waals surface area (Å²) in [6.07, 6.45) is 2.00. The molecule has 0 saturated heterocycles. The van der Waals surface area contributed by atoms with Crippen molar-refractivity contribution >= 4 is 29.1 Å². The molecule has 0 fully saturated rings. The molecule has 132 valence electrons. The third-order valence-corrected chi connectivity index (χ3v) is 4.15. The van der Waals surface area contributed by atoms with Gasteiger partial charge >= 0.3 is 0 Å². The molecule has 2 N–H and O–H groups in total. The summed E-state index contributed by atoms with van der Waals surface area (Å²) in [4.78, 5) is 12.2. The van der Waals surface area contributed by atoms with Gasteiger partial charge in [0, 0.05) is 6.54 Å². The van der Waals surface area contributed by atoms with Crippen molar-refractivity contribution in [1.82, 2.24) is 10.2 Å². The molecule has 1 heterocycles. The Morgan fingerprint density at radius 3 is 2.31 bits per heavy atom. The number of hydrogen-bond acceptors (Lipinski definition) is 4. The van der Waals surface area contributed by atoms with E-state index in [-0.39, 0.29) is 5.91 Å². The van der Waals surface area contributed by atoms with Gasteiger partial charge in [0.15, 0.2) is 5.82 Å². The first kappa shape index (κ1) is 17.9. The lowest BCUT2D eigenvalue weighted by Gasteiger charge is -2.07. The van der Waals surface area contributed by atoms with Gasteiger partial charge in [0.25, 0.3) is 5.91 Å². The second kappa shape index (κ2) is 8.97. The van der Waals surface area contributed by atoms with E-state index >= 15 is 0 Å². The number of aryl methyl sites for hydroxylation is 1. The first-order valence-electron chi connectivity index (χ1n) is 8.40. The fraction of sp³-hybridized carbons (Fsp3) is 0.150. The number of benzene rings is 2. The molecule has 0 saturated carbocycles. The van der Waals surface area contributed by atoms with E-state index in [1.54, 1.807) is 36.4 Å². The molecule has 0 aliphatic carbocycles. The number of hydrogen-bond donors (Lipinski definition) is 2. The summed E-state index contributed by atoms with van der Waals surface area (Å²) in [5.41, 5.74) is 1.72. The number of nitrogens with one attached hydrogen (secondary N) is 2. The Labute approximate surface area is 157 Å². The number of anilines is 2. The SMILES string of the molecule is O=C(Nc1ccc(NCCCc2ccccc2)nn1)c1ccccc1Cl. The van der Waals surface area contributed by atoms with E-state index in [2.05, 4.69) is 33.0 Å². The van der Waals surface area contributed by atoms with Crippen LogP contribution in [-0.2, 0) is 6.42 Å². The number of rotatable bonds is 7. The zero-order valence-corrected chi connectivity index (χ0v) is 14.9. The van der Waals surface area contributed by atoms with Crippen LogP contribution in [0.3, 0.4) is 0 Å². The molecular formula is C20H19ClN4O. The Morgan fingerprint density at radius 2 is 1.58 bits per heavy atom. The lowest BCUT2D eigenvalue weighted by molar-refractivity contribution is 0.102. The van der Waals surface area contributed by atoms with Gasteiger partial charge in [-0.15, -0.1) is 10.2 Å². The van der Waals surface area contributed by atoms with Gasteiger partial charge in [-0.25, -0.2) is 0 Å². The summed E-state index contributed by atoms with van der Waals surface area (Å²) in [5.74, 6) is 0.743. The Balaban J connectivity index is 1.47. The summed E-state index contributed by atoms with van der Waals surface area (Å²) in [5, 5.41) is 14.4. The van der Waals surface area contributed by atoms with Crippen LogP contribution in [0.5, 0.6) is 0 Å². The molecule has 1 amide bonds. The van der Waals surface area contributed by atoms with Crippen molar-refractivity contribution < 1.29 is 4.79 Å². The van der Waals surface area contributed by atoms with E-state index in [1.165, 1.54) is 5.56 Å². The number of amides is 1. The average molecular weight is 367 g/mol. The smallest absolute Gasteiger partial charge is 0.258 e. The van der Waals surface area contributed by atoms with Gasteiger partial charge in [-0.2, -0.15) is 0 Å². The molecule has 3 rings (SSSR count).